The second-order valence-corrected chi connectivity index (χ2v) is 11.1. The molecule has 0 bridgehead atoms. The van der Waals surface area contributed by atoms with Crippen molar-refractivity contribution in [3.8, 4) is 0 Å². The van der Waals surface area contributed by atoms with Crippen LogP contribution < -0.4 is 4.90 Å². The summed E-state index contributed by atoms with van der Waals surface area (Å²) >= 11 is 0. The van der Waals surface area contributed by atoms with Crippen LogP contribution >= 0.6 is 0 Å². The third-order valence-electron chi connectivity index (χ3n) is 8.06. The maximum atomic E-state index is 13.0. The number of likely N-dealkylation sites (tertiary alicyclic amines) is 1. The number of hydrogen-bond acceptors (Lipinski definition) is 6. The molecule has 0 unspecified atom stereocenters. The van der Waals surface area contributed by atoms with Gasteiger partial charge < -0.3 is 24.2 Å². The van der Waals surface area contributed by atoms with Crippen LogP contribution in [0.25, 0.3) is 0 Å². The first-order valence-corrected chi connectivity index (χ1v) is 15.9. The number of carbonyl (C=O) groups excluding carboxylic acids is 1. The largest absolute Gasteiger partial charge is 0.498 e. The molecule has 8 nitrogen and oxygen atoms in total. The Morgan fingerprint density at radius 3 is 2.48 bits per heavy atom. The summed E-state index contributed by atoms with van der Waals surface area (Å²) in [6, 6.07) is 6.53. The molecule has 0 aromatic heterocycles. The van der Waals surface area contributed by atoms with Gasteiger partial charge in [-0.2, -0.15) is 0 Å². The number of alkyl halides is 1. The number of carbonyl (C=O) groups is 2. The van der Waals surface area contributed by atoms with Gasteiger partial charge in [0, 0.05) is 58.5 Å². The highest BCUT2D eigenvalue weighted by atomic mass is 19.1. The first-order chi connectivity index (χ1) is 21.3. The lowest BCUT2D eigenvalue weighted by atomic mass is 9.86. The smallest absolute Gasteiger partial charge is 0.414 e. The third-order valence-corrected chi connectivity index (χ3v) is 8.06. The number of unbranched alkanes of at least 4 members (excludes halogenated alkanes) is 1. The van der Waals surface area contributed by atoms with E-state index in [1.807, 2.05) is 19.9 Å². The maximum absolute atomic E-state index is 13.0. The van der Waals surface area contributed by atoms with Gasteiger partial charge in [-0.15, -0.1) is 0 Å². The van der Waals surface area contributed by atoms with Crippen molar-refractivity contribution in [2.45, 2.75) is 71.3 Å². The number of rotatable bonds is 17. The Morgan fingerprint density at radius 1 is 1.07 bits per heavy atom. The van der Waals surface area contributed by atoms with Crippen molar-refractivity contribution in [3.05, 3.63) is 77.1 Å². The Labute approximate surface area is 261 Å². The summed E-state index contributed by atoms with van der Waals surface area (Å²) in [6.45, 7) is 10.1. The minimum absolute atomic E-state index is 0.0920. The molecule has 2 aliphatic heterocycles. The number of carboxylic acids is 1. The van der Waals surface area contributed by atoms with Gasteiger partial charge in [0.25, 0.3) is 0 Å². The Balaban J connectivity index is 1.62. The number of para-hydroxylation sites is 1. The lowest BCUT2D eigenvalue weighted by Gasteiger charge is -2.46. The zero-order valence-electron chi connectivity index (χ0n) is 26.6. The van der Waals surface area contributed by atoms with Crippen molar-refractivity contribution >= 4 is 17.7 Å². The number of carboxylic acid groups (broad SMARTS) is 1. The fourth-order valence-corrected chi connectivity index (χ4v) is 5.61. The molecular formula is C35H49FN2O6. The molecule has 1 amide bonds. The van der Waals surface area contributed by atoms with Crippen LogP contribution in [0.5, 0.6) is 0 Å². The molecule has 1 aromatic carbocycles. The molecule has 0 radical (unpaired) electrons. The average molecular weight is 613 g/mol. The molecule has 2 saturated heterocycles. The summed E-state index contributed by atoms with van der Waals surface area (Å²) in [6.07, 6.45) is 14.7. The van der Waals surface area contributed by atoms with Crippen LogP contribution in [0.3, 0.4) is 0 Å². The molecule has 44 heavy (non-hydrogen) atoms. The first kappa shape index (κ1) is 35.1. The Morgan fingerprint density at radius 2 is 1.82 bits per heavy atom. The molecule has 1 N–H and O–H groups in total. The van der Waals surface area contributed by atoms with Crippen LogP contribution in [0, 0.1) is 0 Å². The number of ether oxygens (including phenoxy) is 3. The average Bonchev–Trinajstić information content (AvgIpc) is 3.02. The number of benzene rings is 1. The molecule has 242 valence electrons. The van der Waals surface area contributed by atoms with E-state index in [9.17, 15) is 19.1 Å². The van der Waals surface area contributed by atoms with E-state index in [-0.39, 0.29) is 5.56 Å². The van der Waals surface area contributed by atoms with Crippen molar-refractivity contribution in [2.75, 3.05) is 57.6 Å². The highest BCUT2D eigenvalue weighted by Crippen LogP contribution is 2.36. The minimum Gasteiger partial charge on any atom is -0.498 e. The maximum Gasteiger partial charge on any atom is 0.414 e. The normalized spacial score (nSPS) is 18.2. The topological polar surface area (TPSA) is 88.5 Å². The highest BCUT2D eigenvalue weighted by molar-refractivity contribution is 6.00. The zero-order chi connectivity index (χ0) is 31.8. The van der Waals surface area contributed by atoms with Gasteiger partial charge in [0.2, 0.25) is 0 Å². The van der Waals surface area contributed by atoms with E-state index in [2.05, 4.69) is 30.1 Å². The van der Waals surface area contributed by atoms with E-state index in [0.29, 0.717) is 44.9 Å². The van der Waals surface area contributed by atoms with E-state index in [1.54, 1.807) is 18.2 Å². The number of nitrogens with zero attached hydrogens (tertiary/aromatic N) is 2. The molecule has 2 aliphatic rings. The fraction of sp³-hybridized carbons (Fsp3) is 0.543. The summed E-state index contributed by atoms with van der Waals surface area (Å²) < 4.78 is 30.5. The number of anilines is 1. The monoisotopic (exact) mass is 612 g/mol. The van der Waals surface area contributed by atoms with E-state index in [1.165, 1.54) is 17.0 Å². The highest BCUT2D eigenvalue weighted by Gasteiger charge is 2.43. The van der Waals surface area contributed by atoms with Crippen molar-refractivity contribution in [2.24, 2.45) is 0 Å². The van der Waals surface area contributed by atoms with Gasteiger partial charge in [0.15, 0.2) is 0 Å². The molecule has 2 fully saturated rings. The standard InChI is InChI=1S/C35H49FN2O6/c1-4-7-11-28(12-10-20-36)26-30(43-6-3)27-29(16-25-42-5-2)15-21-37-22-17-35(18-23-37)19-24-38(34(41)44-35)32-14-9-8-13-31(32)33(39)40/h8-14,16,27H,4-7,15,17-26H2,1-3H3,(H,39,40)/b12-10-,28-11+,29-16-,30-27+. The van der Waals surface area contributed by atoms with Gasteiger partial charge in [-0.25, -0.2) is 14.0 Å². The summed E-state index contributed by atoms with van der Waals surface area (Å²) in [7, 11) is 0. The Kier molecular flexibility index (Phi) is 14.7. The molecule has 0 aliphatic carbocycles. The molecule has 1 spiro atoms. The number of allylic oxidation sites excluding steroid dienone is 5. The van der Waals surface area contributed by atoms with Gasteiger partial charge in [-0.05, 0) is 56.0 Å². The predicted octanol–water partition coefficient (Wildman–Crippen LogP) is 7.48. The third kappa shape index (κ3) is 10.6. The fourth-order valence-electron chi connectivity index (χ4n) is 5.61. The van der Waals surface area contributed by atoms with E-state index >= 15 is 0 Å². The molecular weight excluding hydrogens is 563 g/mol. The lowest BCUT2D eigenvalue weighted by Crippen LogP contribution is -2.55. The van der Waals surface area contributed by atoms with Crippen LogP contribution in [0.4, 0.5) is 14.9 Å². The van der Waals surface area contributed by atoms with Crippen LogP contribution in [0.2, 0.25) is 0 Å². The predicted molar refractivity (Wildman–Crippen MR) is 172 cm³/mol. The first-order valence-electron chi connectivity index (χ1n) is 15.9. The number of halogens is 1. The number of aromatic carboxylic acids is 1. The Bertz CT molecular complexity index is 1200. The molecule has 2 heterocycles. The van der Waals surface area contributed by atoms with E-state index in [0.717, 1.165) is 68.6 Å². The van der Waals surface area contributed by atoms with Gasteiger partial charge in [-0.1, -0.05) is 49.8 Å². The zero-order valence-corrected chi connectivity index (χ0v) is 26.6. The van der Waals surface area contributed by atoms with Crippen molar-refractivity contribution in [1.82, 2.24) is 4.90 Å². The SMILES string of the molecule is CCC/C=C(\C=C/CF)C/C(=C\C(=C/COCC)CCN1CCC2(CC1)CCN(c1ccccc1C(=O)O)C(=O)O2)OCC. The van der Waals surface area contributed by atoms with Crippen molar-refractivity contribution < 1.29 is 33.3 Å². The molecule has 1 aromatic rings. The van der Waals surface area contributed by atoms with Gasteiger partial charge >= 0.3 is 12.1 Å². The molecule has 0 atom stereocenters. The minimum atomic E-state index is -1.07. The Hall–Kier alpha value is -3.43. The van der Waals surface area contributed by atoms with Crippen LogP contribution in [-0.2, 0) is 14.2 Å². The van der Waals surface area contributed by atoms with Crippen LogP contribution in [0.1, 0.15) is 76.1 Å². The quantitative estimate of drug-likeness (QED) is 0.111. The molecule has 3 rings (SSSR count). The second-order valence-electron chi connectivity index (χ2n) is 11.1. The molecule has 0 saturated carbocycles. The van der Waals surface area contributed by atoms with Gasteiger partial charge in [0.05, 0.1) is 24.5 Å². The summed E-state index contributed by atoms with van der Waals surface area (Å²) in [5.41, 5.74) is 2.11. The number of amides is 1. The summed E-state index contributed by atoms with van der Waals surface area (Å²) in [5.74, 6) is -0.219. The lowest BCUT2D eigenvalue weighted by molar-refractivity contribution is -0.0480. The summed E-state index contributed by atoms with van der Waals surface area (Å²) in [4.78, 5) is 28.6. The van der Waals surface area contributed by atoms with Gasteiger partial charge in [0.1, 0.15) is 18.0 Å². The van der Waals surface area contributed by atoms with Gasteiger partial charge in [-0.3, -0.25) is 4.90 Å². The number of piperidine rings is 1. The van der Waals surface area contributed by atoms with Crippen LogP contribution in [-0.4, -0.2) is 80.3 Å². The second kappa shape index (κ2) is 18.4. The summed E-state index contributed by atoms with van der Waals surface area (Å²) in [5, 5.41) is 9.56. The van der Waals surface area contributed by atoms with E-state index in [4.69, 9.17) is 14.2 Å². The number of hydrogen-bond donors (Lipinski definition) is 1. The van der Waals surface area contributed by atoms with Crippen molar-refractivity contribution in [1.29, 1.82) is 0 Å². The van der Waals surface area contributed by atoms with Crippen molar-refractivity contribution in [3.63, 3.8) is 0 Å². The van der Waals surface area contributed by atoms with E-state index < -0.39 is 24.3 Å². The molecule has 9 heteroatoms. The van der Waals surface area contributed by atoms with Crippen LogP contribution in [0.15, 0.2) is 71.6 Å².